The number of hydrogen-bond donors (Lipinski definition) is 4. The smallest absolute Gasteiger partial charge is 0.335 e. The normalized spacial score (nSPS) is 14.5. The topological polar surface area (TPSA) is 138 Å². The highest BCUT2D eigenvalue weighted by molar-refractivity contribution is 8.00. The van der Waals surface area contributed by atoms with Crippen molar-refractivity contribution < 1.29 is 14.6 Å². The quantitative estimate of drug-likeness (QED) is 0.0919. The van der Waals surface area contributed by atoms with E-state index in [4.69, 9.17) is 19.7 Å². The summed E-state index contributed by atoms with van der Waals surface area (Å²) in [5.41, 5.74) is 8.12. The monoisotopic (exact) mass is 665 g/mol. The number of H-pyrrole nitrogens is 1. The van der Waals surface area contributed by atoms with Crippen LogP contribution >= 0.6 is 11.9 Å². The van der Waals surface area contributed by atoms with E-state index < -0.39 is 5.97 Å². The zero-order chi connectivity index (χ0) is 34.1. The number of anilines is 1. The van der Waals surface area contributed by atoms with Crippen molar-refractivity contribution in [3.63, 3.8) is 0 Å². The summed E-state index contributed by atoms with van der Waals surface area (Å²) in [5.74, 6) is -0.144. The number of aryl methyl sites for hydroxylation is 2. The molecule has 0 spiro atoms. The molecule has 48 heavy (non-hydrogen) atoms. The van der Waals surface area contributed by atoms with Gasteiger partial charge in [-0.2, -0.15) is 4.98 Å². The van der Waals surface area contributed by atoms with E-state index in [0.717, 1.165) is 56.3 Å². The number of nitrogens with zero attached hydrogens (tertiary/aromatic N) is 4. The number of carboxylic acid groups (broad SMARTS) is 1. The number of rotatable bonds is 13. The zero-order valence-corrected chi connectivity index (χ0v) is 29.2. The van der Waals surface area contributed by atoms with E-state index in [1.165, 1.54) is 24.8 Å². The van der Waals surface area contributed by atoms with Gasteiger partial charge in [0, 0.05) is 40.2 Å². The lowest BCUT2D eigenvalue weighted by molar-refractivity contribution is 0.0696. The average Bonchev–Trinajstić information content (AvgIpc) is 3.60. The van der Waals surface area contributed by atoms with Crippen LogP contribution in [0.15, 0.2) is 65.7 Å². The summed E-state index contributed by atoms with van der Waals surface area (Å²) < 4.78 is 9.66. The molecule has 1 aliphatic carbocycles. The largest absolute Gasteiger partial charge is 0.478 e. The first-order valence-corrected chi connectivity index (χ1v) is 17.1. The number of fused-ring (bicyclic) bond motifs is 1. The summed E-state index contributed by atoms with van der Waals surface area (Å²) in [7, 11) is 0. The standard InChI is InChI=1S/C37H43N7O3S/c1-22-9-7-10-23(2)32(22)28-17-31(43-35(41-28)44-48-27-12-8-11-24(15-27)34(45)46)47-21-25(18-37(6)13-14-37)38-19-26-20-39-29-16-30(36(3,4)5)42-33(29)40-26/h7-12,15-17,20,25,38H,13-14,18-19,21H2,1-6H3,(H,40,42)(H,45,46)(H,41,43,44). The lowest BCUT2D eigenvalue weighted by Gasteiger charge is -2.22. The maximum Gasteiger partial charge on any atom is 0.335 e. The van der Waals surface area contributed by atoms with E-state index in [9.17, 15) is 9.90 Å². The number of aromatic nitrogens is 5. The van der Waals surface area contributed by atoms with Crippen LogP contribution < -0.4 is 14.8 Å². The predicted molar refractivity (Wildman–Crippen MR) is 190 cm³/mol. The Labute approximate surface area is 285 Å². The van der Waals surface area contributed by atoms with Crippen molar-refractivity contribution in [2.75, 3.05) is 11.3 Å². The van der Waals surface area contributed by atoms with Gasteiger partial charge in [-0.3, -0.25) is 9.71 Å². The minimum absolute atomic E-state index is 0.0127. The van der Waals surface area contributed by atoms with Crippen LogP contribution in [0.1, 0.15) is 79.8 Å². The molecule has 1 atom stereocenters. The van der Waals surface area contributed by atoms with Crippen molar-refractivity contribution in [2.45, 2.75) is 83.7 Å². The minimum atomic E-state index is -0.976. The van der Waals surface area contributed by atoms with Gasteiger partial charge in [0.2, 0.25) is 11.8 Å². The molecule has 11 heteroatoms. The molecule has 4 N–H and O–H groups in total. The van der Waals surface area contributed by atoms with E-state index in [0.29, 0.717) is 30.4 Å². The summed E-state index contributed by atoms with van der Waals surface area (Å²) in [6.45, 7) is 13.9. The number of hydrogen-bond acceptors (Lipinski definition) is 9. The highest BCUT2D eigenvalue weighted by Gasteiger charge is 2.39. The van der Waals surface area contributed by atoms with Gasteiger partial charge in [-0.15, -0.1) is 0 Å². The highest BCUT2D eigenvalue weighted by Crippen LogP contribution is 2.49. The van der Waals surface area contributed by atoms with Crippen molar-refractivity contribution in [1.82, 2.24) is 30.2 Å². The van der Waals surface area contributed by atoms with E-state index in [-0.39, 0.29) is 17.0 Å². The minimum Gasteiger partial charge on any atom is -0.478 e. The molecule has 0 bridgehead atoms. The first-order valence-electron chi connectivity index (χ1n) is 16.3. The van der Waals surface area contributed by atoms with Gasteiger partial charge in [-0.1, -0.05) is 52.0 Å². The molecule has 0 aliphatic heterocycles. The molecule has 0 saturated heterocycles. The SMILES string of the molecule is Cc1cccc(C)c1-c1cc(OCC(CC2(C)CC2)NCc2cnc3cc(C(C)(C)C)[nH]c3n2)nc(NSc2cccc(C(=O)O)c2)n1. The van der Waals surface area contributed by atoms with Crippen molar-refractivity contribution in [3.05, 3.63) is 88.9 Å². The van der Waals surface area contributed by atoms with Gasteiger partial charge in [0.05, 0.1) is 23.1 Å². The van der Waals surface area contributed by atoms with Gasteiger partial charge in [0.15, 0.2) is 5.65 Å². The van der Waals surface area contributed by atoms with Crippen LogP contribution in [0.5, 0.6) is 5.88 Å². The fourth-order valence-corrected chi connectivity index (χ4v) is 6.38. The molecule has 2 aromatic carbocycles. The van der Waals surface area contributed by atoms with Crippen LogP contribution in [0.4, 0.5) is 5.95 Å². The second-order valence-corrected chi connectivity index (χ2v) is 15.0. The molecule has 10 nitrogen and oxygen atoms in total. The molecular formula is C37H43N7O3S. The Hall–Kier alpha value is -4.48. The average molecular weight is 666 g/mol. The van der Waals surface area contributed by atoms with Gasteiger partial charge in [0.1, 0.15) is 12.1 Å². The van der Waals surface area contributed by atoms with Crippen LogP contribution in [-0.2, 0) is 12.0 Å². The second kappa shape index (κ2) is 13.6. The number of ether oxygens (including phenoxy) is 1. The lowest BCUT2D eigenvalue weighted by atomic mass is 9.93. The summed E-state index contributed by atoms with van der Waals surface area (Å²) in [6.07, 6.45) is 5.21. The molecule has 250 valence electrons. The predicted octanol–water partition coefficient (Wildman–Crippen LogP) is 7.87. The van der Waals surface area contributed by atoms with E-state index in [1.807, 2.05) is 24.4 Å². The molecule has 6 rings (SSSR count). The molecule has 1 unspecified atom stereocenters. The molecule has 3 aromatic heterocycles. The summed E-state index contributed by atoms with van der Waals surface area (Å²) in [4.78, 5) is 34.7. The lowest BCUT2D eigenvalue weighted by Crippen LogP contribution is -2.36. The Kier molecular flexibility index (Phi) is 9.44. The van der Waals surface area contributed by atoms with Crippen molar-refractivity contribution in [2.24, 2.45) is 5.41 Å². The Bertz CT molecular complexity index is 1930. The number of carboxylic acids is 1. The Morgan fingerprint density at radius 3 is 2.52 bits per heavy atom. The molecular weight excluding hydrogens is 623 g/mol. The van der Waals surface area contributed by atoms with Crippen molar-refractivity contribution in [3.8, 4) is 17.1 Å². The van der Waals surface area contributed by atoms with Crippen LogP contribution in [0.25, 0.3) is 22.4 Å². The third-order valence-electron chi connectivity index (χ3n) is 8.82. The highest BCUT2D eigenvalue weighted by atomic mass is 32.2. The van der Waals surface area contributed by atoms with E-state index in [2.05, 4.69) is 79.7 Å². The Balaban J connectivity index is 1.21. The van der Waals surface area contributed by atoms with Gasteiger partial charge < -0.3 is 20.1 Å². The molecule has 1 aliphatic rings. The number of aromatic carboxylic acids is 1. The molecule has 0 radical (unpaired) electrons. The zero-order valence-electron chi connectivity index (χ0n) is 28.3. The van der Waals surface area contributed by atoms with Crippen LogP contribution in [0.2, 0.25) is 0 Å². The third-order valence-corrected chi connectivity index (χ3v) is 9.60. The third kappa shape index (κ3) is 8.14. The molecule has 0 amide bonds. The first kappa shape index (κ1) is 33.4. The summed E-state index contributed by atoms with van der Waals surface area (Å²) >= 11 is 1.25. The fourth-order valence-electron chi connectivity index (χ4n) is 5.75. The first-order chi connectivity index (χ1) is 22.8. The number of nitrogens with one attached hydrogen (secondary N) is 3. The molecule has 3 heterocycles. The van der Waals surface area contributed by atoms with Gasteiger partial charge in [-0.05, 0) is 85.9 Å². The summed E-state index contributed by atoms with van der Waals surface area (Å²) in [6, 6.07) is 16.9. The van der Waals surface area contributed by atoms with Crippen LogP contribution in [0, 0.1) is 19.3 Å². The van der Waals surface area contributed by atoms with E-state index in [1.54, 1.807) is 18.2 Å². The fraction of sp³-hybridized carbons (Fsp3) is 0.378. The maximum absolute atomic E-state index is 11.5. The second-order valence-electron chi connectivity index (χ2n) is 14.2. The Morgan fingerprint density at radius 1 is 1.06 bits per heavy atom. The molecule has 5 aromatic rings. The van der Waals surface area contributed by atoms with Crippen molar-refractivity contribution >= 4 is 35.0 Å². The number of benzene rings is 2. The van der Waals surface area contributed by atoms with Gasteiger partial charge in [0.25, 0.3) is 0 Å². The van der Waals surface area contributed by atoms with Crippen molar-refractivity contribution in [1.29, 1.82) is 0 Å². The Morgan fingerprint density at radius 2 is 1.81 bits per heavy atom. The van der Waals surface area contributed by atoms with Gasteiger partial charge in [-0.25, -0.2) is 14.8 Å². The summed E-state index contributed by atoms with van der Waals surface area (Å²) in [5, 5.41) is 13.1. The number of aromatic amines is 1. The molecule has 1 fully saturated rings. The molecule has 1 saturated carbocycles. The maximum atomic E-state index is 11.5. The van der Waals surface area contributed by atoms with Gasteiger partial charge >= 0.3 is 5.97 Å². The number of carbonyl (C=O) groups is 1. The van der Waals surface area contributed by atoms with E-state index >= 15 is 0 Å². The van der Waals surface area contributed by atoms with Crippen LogP contribution in [0.3, 0.4) is 0 Å². The van der Waals surface area contributed by atoms with Crippen LogP contribution in [-0.4, -0.2) is 48.6 Å².